The second kappa shape index (κ2) is 2.71. The van der Waals surface area contributed by atoms with Crippen LogP contribution in [0.25, 0.3) is 10.8 Å². The van der Waals surface area contributed by atoms with Gasteiger partial charge in [-0.3, -0.25) is 0 Å². The number of hydrogen-bond acceptors (Lipinski definition) is 0. The van der Waals surface area contributed by atoms with Crippen LogP contribution >= 0.6 is 0 Å². The van der Waals surface area contributed by atoms with Gasteiger partial charge in [0, 0.05) is 0 Å². The molecule has 0 amide bonds. The molecule has 0 fully saturated rings. The highest BCUT2D eigenvalue weighted by atomic mass is 13.9. The van der Waals surface area contributed by atoms with E-state index >= 15 is 0 Å². The average Bonchev–Trinajstić information content (AvgIpc) is 2.03. The number of fused-ring (bicyclic) bond motifs is 1. The van der Waals surface area contributed by atoms with Crippen molar-refractivity contribution in [1.29, 1.82) is 0 Å². The summed E-state index contributed by atoms with van der Waals surface area (Å²) in [7, 11) is 11.3. The first-order chi connectivity index (χ1) is 5.75. The molecule has 0 saturated heterocycles. The van der Waals surface area contributed by atoms with Crippen molar-refractivity contribution in [3.05, 3.63) is 36.4 Å². The lowest BCUT2D eigenvalue weighted by Crippen LogP contribution is -2.03. The summed E-state index contributed by atoms with van der Waals surface area (Å²) in [5.74, 6) is 0. The highest BCUT2D eigenvalue weighted by Gasteiger charge is 1.92. The molecule has 2 aromatic rings. The molecule has 0 atom stereocenters. The van der Waals surface area contributed by atoms with E-state index in [0.29, 0.717) is 0 Å². The van der Waals surface area contributed by atoms with Crippen LogP contribution in [0.1, 0.15) is 0 Å². The van der Waals surface area contributed by atoms with Gasteiger partial charge in [0.15, 0.2) is 0 Å². The van der Waals surface area contributed by atoms with Gasteiger partial charge in [0.2, 0.25) is 0 Å². The van der Waals surface area contributed by atoms with Gasteiger partial charge in [-0.05, 0) is 10.8 Å². The third-order valence-electron chi connectivity index (χ3n) is 1.89. The first-order valence-electron chi connectivity index (χ1n) is 3.80. The van der Waals surface area contributed by atoms with Crippen molar-refractivity contribution in [2.24, 2.45) is 0 Å². The second-order valence-corrected chi connectivity index (χ2v) is 2.87. The Bertz CT molecular complexity index is 384. The molecule has 0 heterocycles. The molecule has 52 valence electrons. The van der Waals surface area contributed by atoms with E-state index < -0.39 is 0 Å². The van der Waals surface area contributed by atoms with Crippen molar-refractivity contribution in [3.8, 4) is 0 Å². The third kappa shape index (κ3) is 1.25. The van der Waals surface area contributed by atoms with Crippen molar-refractivity contribution < 1.29 is 0 Å². The Hall–Kier alpha value is -1.17. The molecule has 0 aliphatic carbocycles. The van der Waals surface area contributed by atoms with Crippen LogP contribution in [0.5, 0.6) is 0 Å². The lowest BCUT2D eigenvalue weighted by molar-refractivity contribution is 1.83. The van der Waals surface area contributed by atoms with E-state index in [9.17, 15) is 0 Å². The van der Waals surface area contributed by atoms with E-state index in [2.05, 4.69) is 0 Å². The molecular weight excluding hydrogens is 142 g/mol. The van der Waals surface area contributed by atoms with Gasteiger partial charge in [-0.2, -0.15) is 0 Å². The van der Waals surface area contributed by atoms with Crippen molar-refractivity contribution in [3.63, 3.8) is 0 Å². The highest BCUT2D eigenvalue weighted by Crippen LogP contribution is 2.08. The van der Waals surface area contributed by atoms with Crippen LogP contribution < -0.4 is 10.9 Å². The van der Waals surface area contributed by atoms with Gasteiger partial charge < -0.3 is 0 Å². The summed E-state index contributed by atoms with van der Waals surface area (Å²) in [5.41, 5.74) is 1.54. The zero-order valence-electron chi connectivity index (χ0n) is 6.62. The van der Waals surface area contributed by atoms with Crippen LogP contribution in [0.15, 0.2) is 36.4 Å². The van der Waals surface area contributed by atoms with Crippen molar-refractivity contribution in [2.75, 3.05) is 0 Å². The fourth-order valence-electron chi connectivity index (χ4n) is 1.28. The fraction of sp³-hybridized carbons (Fsp3) is 0. The molecule has 0 unspecified atom stereocenters. The van der Waals surface area contributed by atoms with Crippen LogP contribution in [0, 0.1) is 0 Å². The monoisotopic (exact) mass is 148 g/mol. The van der Waals surface area contributed by atoms with E-state index in [0.717, 1.165) is 16.3 Å². The summed E-state index contributed by atoms with van der Waals surface area (Å²) >= 11 is 0. The molecule has 4 radical (unpaired) electrons. The van der Waals surface area contributed by atoms with E-state index in [4.69, 9.17) is 15.7 Å². The van der Waals surface area contributed by atoms with E-state index in [1.165, 1.54) is 5.39 Å². The molecule has 0 saturated carbocycles. The molecule has 0 aromatic heterocycles. The Labute approximate surface area is 74.4 Å². The summed E-state index contributed by atoms with van der Waals surface area (Å²) < 4.78 is 0. The number of rotatable bonds is 0. The molecule has 0 bridgehead atoms. The summed E-state index contributed by atoms with van der Waals surface area (Å²) in [6.07, 6.45) is 0. The molecule has 0 spiro atoms. The van der Waals surface area contributed by atoms with E-state index in [-0.39, 0.29) is 0 Å². The lowest BCUT2D eigenvalue weighted by atomic mass is 9.89. The zero-order chi connectivity index (χ0) is 8.55. The summed E-state index contributed by atoms with van der Waals surface area (Å²) in [4.78, 5) is 0. The summed E-state index contributed by atoms with van der Waals surface area (Å²) in [6, 6.07) is 11.6. The number of hydrogen-bond donors (Lipinski definition) is 0. The predicted molar refractivity (Wildman–Crippen MR) is 54.7 cm³/mol. The molecule has 2 rings (SSSR count). The molecule has 0 aliphatic rings. The molecule has 0 aliphatic heterocycles. The standard InChI is InChI=1S/C10H6B2/c11-9-3-1-7-2-4-10(12)6-8(7)5-9/h1-6H. The Morgan fingerprint density at radius 3 is 1.67 bits per heavy atom. The topological polar surface area (TPSA) is 0 Å². The second-order valence-electron chi connectivity index (χ2n) is 2.87. The quantitative estimate of drug-likeness (QED) is 0.475. The molecular formula is C10H6B2. The Balaban J connectivity index is 2.80. The Morgan fingerprint density at radius 2 is 1.17 bits per heavy atom. The smallest absolute Gasteiger partial charge is 0.0960 e. The number of benzene rings is 2. The van der Waals surface area contributed by atoms with Gasteiger partial charge in [-0.1, -0.05) is 47.3 Å². The highest BCUT2D eigenvalue weighted by molar-refractivity contribution is 6.34. The fourth-order valence-corrected chi connectivity index (χ4v) is 1.28. The zero-order valence-corrected chi connectivity index (χ0v) is 6.62. The minimum atomic E-state index is 0.771. The normalized spacial score (nSPS) is 10.3. The maximum Gasteiger partial charge on any atom is 0.113 e. The first kappa shape index (κ1) is 7.48. The summed E-state index contributed by atoms with van der Waals surface area (Å²) in [6.45, 7) is 0. The van der Waals surface area contributed by atoms with E-state index in [1.807, 2.05) is 36.4 Å². The van der Waals surface area contributed by atoms with Gasteiger partial charge in [-0.15, -0.1) is 0 Å². The Kier molecular flexibility index (Phi) is 1.69. The Morgan fingerprint density at radius 1 is 0.667 bits per heavy atom. The van der Waals surface area contributed by atoms with Gasteiger partial charge in [0.1, 0.15) is 15.7 Å². The minimum absolute atomic E-state index is 0.771. The van der Waals surface area contributed by atoms with Gasteiger partial charge in [0.05, 0.1) is 0 Å². The molecule has 0 nitrogen and oxygen atoms in total. The van der Waals surface area contributed by atoms with Crippen molar-refractivity contribution >= 4 is 37.4 Å². The SMILES string of the molecule is [B]c1ccc2ccc([B])cc2c1. The molecule has 12 heavy (non-hydrogen) atoms. The first-order valence-corrected chi connectivity index (χ1v) is 3.80. The van der Waals surface area contributed by atoms with Gasteiger partial charge in [-0.25, -0.2) is 0 Å². The van der Waals surface area contributed by atoms with Crippen LogP contribution in [0.2, 0.25) is 0 Å². The largest absolute Gasteiger partial charge is 0.113 e. The minimum Gasteiger partial charge on any atom is -0.0960 e. The summed E-state index contributed by atoms with van der Waals surface area (Å²) in [5, 5.41) is 2.26. The predicted octanol–water partition coefficient (Wildman–Crippen LogP) is 0.427. The van der Waals surface area contributed by atoms with Crippen molar-refractivity contribution in [2.45, 2.75) is 0 Å². The average molecular weight is 148 g/mol. The van der Waals surface area contributed by atoms with Crippen LogP contribution in [-0.4, -0.2) is 15.7 Å². The van der Waals surface area contributed by atoms with Crippen LogP contribution in [-0.2, 0) is 0 Å². The van der Waals surface area contributed by atoms with Crippen molar-refractivity contribution in [1.82, 2.24) is 0 Å². The van der Waals surface area contributed by atoms with Crippen LogP contribution in [0.4, 0.5) is 0 Å². The lowest BCUT2D eigenvalue weighted by Gasteiger charge is -2.00. The van der Waals surface area contributed by atoms with Gasteiger partial charge in [0.25, 0.3) is 0 Å². The molecule has 2 aromatic carbocycles. The maximum absolute atomic E-state index is 5.63. The van der Waals surface area contributed by atoms with Crippen LogP contribution in [0.3, 0.4) is 0 Å². The molecule has 0 N–H and O–H groups in total. The van der Waals surface area contributed by atoms with E-state index in [1.54, 1.807) is 0 Å². The maximum atomic E-state index is 5.63. The molecule has 2 heteroatoms. The third-order valence-corrected chi connectivity index (χ3v) is 1.89. The van der Waals surface area contributed by atoms with Gasteiger partial charge >= 0.3 is 0 Å².